The molecule has 0 radical (unpaired) electrons. The molecular weight excluding hydrogens is 310 g/mol. The Bertz CT molecular complexity index is 807. The molecule has 0 aliphatic heterocycles. The number of carboxylic acid groups (broad SMARTS) is 1. The Labute approximate surface area is 138 Å². The lowest BCUT2D eigenvalue weighted by atomic mass is 10.0. The molecule has 0 amide bonds. The average Bonchev–Trinajstić information content (AvgIpc) is 2.52. The maximum Gasteiger partial charge on any atom is 0.339 e. The Kier molecular flexibility index (Phi) is 4.89. The van der Waals surface area contributed by atoms with Gasteiger partial charge in [0, 0.05) is 25.8 Å². The van der Waals surface area contributed by atoms with Crippen LogP contribution in [0.15, 0.2) is 42.5 Å². The summed E-state index contributed by atoms with van der Waals surface area (Å²) in [5.41, 5.74) is 1.16. The smallest absolute Gasteiger partial charge is 0.339 e. The van der Waals surface area contributed by atoms with Crippen LogP contribution in [0.25, 0.3) is 6.08 Å². The molecule has 3 N–H and O–H groups in total. The normalized spacial score (nSPS) is 10.8. The maximum absolute atomic E-state index is 12.2. The van der Waals surface area contributed by atoms with Gasteiger partial charge in [-0.15, -0.1) is 0 Å². The van der Waals surface area contributed by atoms with Gasteiger partial charge in [-0.2, -0.15) is 0 Å². The first-order chi connectivity index (χ1) is 11.3. The first-order valence-corrected chi connectivity index (χ1v) is 7.08. The Hall–Kier alpha value is -3.28. The van der Waals surface area contributed by atoms with E-state index in [4.69, 9.17) is 5.11 Å². The third kappa shape index (κ3) is 3.73. The lowest BCUT2D eigenvalue weighted by Gasteiger charge is -2.11. The van der Waals surface area contributed by atoms with E-state index in [9.17, 15) is 19.8 Å². The quantitative estimate of drug-likeness (QED) is 0.577. The monoisotopic (exact) mass is 327 g/mol. The van der Waals surface area contributed by atoms with Crippen LogP contribution in [-0.4, -0.2) is 41.2 Å². The van der Waals surface area contributed by atoms with Gasteiger partial charge in [-0.25, -0.2) is 4.79 Å². The van der Waals surface area contributed by atoms with Crippen LogP contribution in [0.1, 0.15) is 26.3 Å². The van der Waals surface area contributed by atoms with E-state index >= 15 is 0 Å². The molecule has 0 unspecified atom stereocenters. The molecule has 124 valence electrons. The van der Waals surface area contributed by atoms with Crippen molar-refractivity contribution in [3.05, 3.63) is 59.2 Å². The molecule has 0 aliphatic rings. The molecule has 0 fully saturated rings. The number of rotatable bonds is 5. The van der Waals surface area contributed by atoms with Crippen molar-refractivity contribution >= 4 is 23.5 Å². The largest absolute Gasteiger partial charge is 0.507 e. The lowest BCUT2D eigenvalue weighted by Crippen LogP contribution is -2.07. The Morgan fingerprint density at radius 3 is 2.08 bits per heavy atom. The minimum Gasteiger partial charge on any atom is -0.507 e. The highest BCUT2D eigenvalue weighted by atomic mass is 16.4. The summed E-state index contributed by atoms with van der Waals surface area (Å²) in [7, 11) is 3.84. The highest BCUT2D eigenvalue weighted by Gasteiger charge is 2.17. The summed E-state index contributed by atoms with van der Waals surface area (Å²) in [4.78, 5) is 25.1. The highest BCUT2D eigenvalue weighted by molar-refractivity contribution is 6.10. The number of anilines is 1. The van der Waals surface area contributed by atoms with E-state index in [1.54, 1.807) is 6.08 Å². The third-order valence-electron chi connectivity index (χ3n) is 3.45. The van der Waals surface area contributed by atoms with Gasteiger partial charge in [-0.1, -0.05) is 18.2 Å². The molecular formula is C18H17NO5. The van der Waals surface area contributed by atoms with Crippen molar-refractivity contribution in [1.29, 1.82) is 0 Å². The summed E-state index contributed by atoms with van der Waals surface area (Å²) in [5.74, 6) is -3.02. The van der Waals surface area contributed by atoms with Crippen molar-refractivity contribution in [2.45, 2.75) is 0 Å². The summed E-state index contributed by atoms with van der Waals surface area (Å²) in [6, 6.07) is 9.25. The van der Waals surface area contributed by atoms with E-state index in [-0.39, 0.29) is 5.56 Å². The van der Waals surface area contributed by atoms with Crippen LogP contribution in [0.5, 0.6) is 11.5 Å². The molecule has 6 nitrogen and oxygen atoms in total. The number of phenolic OH excluding ortho intramolecular Hbond substituents is 1. The van der Waals surface area contributed by atoms with Crippen molar-refractivity contribution in [1.82, 2.24) is 0 Å². The Morgan fingerprint density at radius 1 is 0.958 bits per heavy atom. The average molecular weight is 327 g/mol. The zero-order chi connectivity index (χ0) is 17.9. The van der Waals surface area contributed by atoms with Gasteiger partial charge in [0.15, 0.2) is 5.78 Å². The number of carbonyl (C=O) groups excluding carboxylic acids is 1. The van der Waals surface area contributed by atoms with E-state index in [0.717, 1.165) is 23.4 Å². The molecule has 0 atom stereocenters. The number of nitrogens with zero attached hydrogens (tertiary/aromatic N) is 1. The van der Waals surface area contributed by atoms with Gasteiger partial charge in [-0.3, -0.25) is 4.79 Å². The molecule has 0 heterocycles. The fourth-order valence-corrected chi connectivity index (χ4v) is 2.09. The predicted octanol–water partition coefficient (Wildman–Crippen LogP) is 2.76. The summed E-state index contributed by atoms with van der Waals surface area (Å²) in [6.07, 6.45) is 2.80. The second kappa shape index (κ2) is 6.87. The highest BCUT2D eigenvalue weighted by Crippen LogP contribution is 2.28. The first kappa shape index (κ1) is 17.1. The van der Waals surface area contributed by atoms with Gasteiger partial charge in [0.25, 0.3) is 0 Å². The molecule has 0 saturated carbocycles. The van der Waals surface area contributed by atoms with Crippen molar-refractivity contribution in [2.75, 3.05) is 19.0 Å². The fraction of sp³-hybridized carbons (Fsp3) is 0.111. The molecule has 0 aliphatic carbocycles. The standard InChI is InChI=1S/C18H17NO5/c1-19(2)12-6-3-11(4-7-12)5-8-15(20)13-9-14(18(23)24)17(22)10-16(13)21/h3-10,21-22H,1-2H3,(H,23,24)/b8-5+. The van der Waals surface area contributed by atoms with Crippen LogP contribution in [-0.2, 0) is 0 Å². The van der Waals surface area contributed by atoms with E-state index in [2.05, 4.69) is 0 Å². The lowest BCUT2D eigenvalue weighted by molar-refractivity contribution is 0.0693. The second-order valence-corrected chi connectivity index (χ2v) is 5.38. The number of hydrogen-bond acceptors (Lipinski definition) is 5. The van der Waals surface area contributed by atoms with Crippen LogP contribution in [0.2, 0.25) is 0 Å². The molecule has 0 spiro atoms. The zero-order valence-corrected chi connectivity index (χ0v) is 13.2. The number of aromatic carboxylic acids is 1. The van der Waals surface area contributed by atoms with Crippen LogP contribution >= 0.6 is 0 Å². The van der Waals surface area contributed by atoms with E-state index in [0.29, 0.717) is 0 Å². The molecule has 2 aromatic rings. The molecule has 2 rings (SSSR count). The van der Waals surface area contributed by atoms with Crippen LogP contribution < -0.4 is 4.90 Å². The number of ketones is 1. The van der Waals surface area contributed by atoms with E-state index in [1.165, 1.54) is 6.08 Å². The van der Waals surface area contributed by atoms with Gasteiger partial charge in [0.05, 0.1) is 5.56 Å². The molecule has 6 heteroatoms. The SMILES string of the molecule is CN(C)c1ccc(/C=C/C(=O)c2cc(C(=O)O)c(O)cc2O)cc1. The molecule has 0 saturated heterocycles. The third-order valence-corrected chi connectivity index (χ3v) is 3.45. The fourth-order valence-electron chi connectivity index (χ4n) is 2.09. The van der Waals surface area contributed by atoms with Crippen LogP contribution in [0.4, 0.5) is 5.69 Å². The molecule has 24 heavy (non-hydrogen) atoms. The minimum atomic E-state index is -1.38. The van der Waals surface area contributed by atoms with Gasteiger partial charge < -0.3 is 20.2 Å². The number of hydrogen-bond donors (Lipinski definition) is 3. The van der Waals surface area contributed by atoms with Gasteiger partial charge in [-0.05, 0) is 29.8 Å². The summed E-state index contributed by atoms with van der Waals surface area (Å²) in [5, 5.41) is 28.2. The number of carbonyl (C=O) groups is 2. The van der Waals surface area contributed by atoms with Gasteiger partial charge >= 0.3 is 5.97 Å². The van der Waals surface area contributed by atoms with Crippen LogP contribution in [0, 0.1) is 0 Å². The number of benzene rings is 2. The predicted molar refractivity (Wildman–Crippen MR) is 90.9 cm³/mol. The number of aromatic hydroxyl groups is 2. The van der Waals surface area contributed by atoms with Crippen molar-refractivity contribution in [3.8, 4) is 11.5 Å². The first-order valence-electron chi connectivity index (χ1n) is 7.08. The number of phenols is 2. The van der Waals surface area contributed by atoms with E-state index < -0.39 is 28.8 Å². The Morgan fingerprint density at radius 2 is 1.54 bits per heavy atom. The molecule has 2 aromatic carbocycles. The number of carboxylic acids is 1. The van der Waals surface area contributed by atoms with Gasteiger partial charge in [0.2, 0.25) is 0 Å². The summed E-state index contributed by atoms with van der Waals surface area (Å²) < 4.78 is 0. The van der Waals surface area contributed by atoms with Crippen LogP contribution in [0.3, 0.4) is 0 Å². The van der Waals surface area contributed by atoms with Crippen molar-refractivity contribution < 1.29 is 24.9 Å². The van der Waals surface area contributed by atoms with Crippen molar-refractivity contribution in [2.24, 2.45) is 0 Å². The molecule has 0 bridgehead atoms. The van der Waals surface area contributed by atoms with Crippen molar-refractivity contribution in [3.63, 3.8) is 0 Å². The molecule has 0 aromatic heterocycles. The zero-order valence-electron chi connectivity index (χ0n) is 13.2. The number of allylic oxidation sites excluding steroid dienone is 1. The van der Waals surface area contributed by atoms with E-state index in [1.807, 2.05) is 43.3 Å². The topological polar surface area (TPSA) is 98.1 Å². The maximum atomic E-state index is 12.2. The summed E-state index contributed by atoms with van der Waals surface area (Å²) >= 11 is 0. The summed E-state index contributed by atoms with van der Waals surface area (Å²) in [6.45, 7) is 0. The second-order valence-electron chi connectivity index (χ2n) is 5.38. The van der Waals surface area contributed by atoms with Gasteiger partial charge in [0.1, 0.15) is 17.1 Å². The minimum absolute atomic E-state index is 0.189. The Balaban J connectivity index is 2.26.